The van der Waals surface area contributed by atoms with E-state index in [1.54, 1.807) is 5.97 Å². The van der Waals surface area contributed by atoms with E-state index in [0.717, 1.165) is 0 Å². The lowest BCUT2D eigenvalue weighted by molar-refractivity contribution is -0.921. The zero-order valence-corrected chi connectivity index (χ0v) is 9.22. The molecule has 0 aromatic heterocycles. The van der Waals surface area contributed by atoms with E-state index in [0.29, 0.717) is 0 Å². The minimum absolute atomic E-state index is 1.28. The Labute approximate surface area is 78.2 Å². The van der Waals surface area contributed by atoms with Gasteiger partial charge in [0.2, 0.25) is 7.85 Å². The molecule has 0 heterocycles. The van der Waals surface area contributed by atoms with E-state index in [9.17, 15) is 0 Å². The Morgan fingerprint density at radius 3 is 1.17 bits per heavy atom. The van der Waals surface area contributed by atoms with Gasteiger partial charge in [0.1, 0.15) is 0 Å². The van der Waals surface area contributed by atoms with Gasteiger partial charge < -0.3 is 4.48 Å². The van der Waals surface area contributed by atoms with Crippen LogP contribution in [0.15, 0.2) is 0 Å². The lowest BCUT2D eigenvalue weighted by Crippen LogP contribution is -2.47. The van der Waals surface area contributed by atoms with Gasteiger partial charge in [0, 0.05) is 0 Å². The summed E-state index contributed by atoms with van der Waals surface area (Å²) in [6.07, 6.45) is 0. The summed E-state index contributed by atoms with van der Waals surface area (Å²) >= 11 is 0. The summed E-state index contributed by atoms with van der Waals surface area (Å²) in [5, 5.41) is 7.32. The van der Waals surface area contributed by atoms with Gasteiger partial charge >= 0.3 is 0 Å². The Balaban J connectivity index is 0. The first-order valence-electron chi connectivity index (χ1n) is 4.82. The van der Waals surface area contributed by atoms with E-state index in [1.165, 1.54) is 38.5 Å². The molecular weight excluding hydrogens is 147 g/mol. The highest BCUT2D eigenvalue weighted by Crippen LogP contribution is 2.03. The summed E-state index contributed by atoms with van der Waals surface area (Å²) < 4.78 is 1.28. The molecule has 0 atom stereocenters. The quantitative estimate of drug-likeness (QED) is 0.454. The van der Waals surface area contributed by atoms with Crippen molar-refractivity contribution in [2.24, 2.45) is 0 Å². The molecule has 2 nitrogen and oxygen atoms in total. The Morgan fingerprint density at radius 1 is 1.00 bits per heavy atom. The number of hydrogen-bond acceptors (Lipinski definition) is 1. The minimum atomic E-state index is 1.28. The molecule has 0 aliphatic heterocycles. The molecule has 12 heavy (non-hydrogen) atoms. The van der Waals surface area contributed by atoms with Gasteiger partial charge in [0.15, 0.2) is 0 Å². The molecule has 0 saturated carbocycles. The van der Waals surface area contributed by atoms with Crippen molar-refractivity contribution in [1.29, 1.82) is 5.26 Å². The van der Waals surface area contributed by atoms with Gasteiger partial charge in [-0.25, -0.2) is 5.26 Å². The first-order valence-corrected chi connectivity index (χ1v) is 4.82. The van der Waals surface area contributed by atoms with Crippen LogP contribution >= 0.6 is 0 Å². The van der Waals surface area contributed by atoms with Gasteiger partial charge in [-0.2, -0.15) is 0 Å². The molecule has 3 heteroatoms. The topological polar surface area (TPSA) is 23.8 Å². The average Bonchev–Trinajstić information content (AvgIpc) is 2.11. The monoisotopic (exact) mass is 169 g/mol. The second-order valence-electron chi connectivity index (χ2n) is 2.83. The Hall–Kier alpha value is -0.485. The van der Waals surface area contributed by atoms with Crippen molar-refractivity contribution in [2.45, 2.75) is 27.7 Å². The standard InChI is InChI=1S/C8H20N.CH2BN/c1-5-9(6-2,7-3)8-4;2-1-3/h5-8H2,1-4H3;2H2/q+1;. The fourth-order valence-corrected chi connectivity index (χ4v) is 1.34. The third-order valence-corrected chi connectivity index (χ3v) is 2.68. The van der Waals surface area contributed by atoms with Crippen molar-refractivity contribution in [1.82, 2.24) is 0 Å². The second-order valence-corrected chi connectivity index (χ2v) is 2.83. The number of quaternary nitrogens is 1. The van der Waals surface area contributed by atoms with Crippen molar-refractivity contribution in [3.63, 3.8) is 0 Å². The highest BCUT2D eigenvalue weighted by Gasteiger charge is 2.16. The molecule has 0 aromatic carbocycles. The van der Waals surface area contributed by atoms with E-state index >= 15 is 0 Å². The molecule has 0 unspecified atom stereocenters. The van der Waals surface area contributed by atoms with E-state index < -0.39 is 0 Å². The van der Waals surface area contributed by atoms with Crippen LogP contribution in [-0.2, 0) is 0 Å². The summed E-state index contributed by atoms with van der Waals surface area (Å²) in [6.45, 7) is 14.2. The van der Waals surface area contributed by atoms with Crippen LogP contribution in [0.5, 0.6) is 0 Å². The third kappa shape index (κ3) is 5.20. The van der Waals surface area contributed by atoms with Crippen LogP contribution in [-0.4, -0.2) is 38.5 Å². The molecule has 0 saturated heterocycles. The van der Waals surface area contributed by atoms with Gasteiger partial charge in [-0.05, 0) is 33.7 Å². The summed E-state index contributed by atoms with van der Waals surface area (Å²) in [5.41, 5.74) is 0. The Bertz CT molecular complexity index is 107. The SMILES string of the molecule is BC#N.CC[N+](CC)(CC)CC. The van der Waals surface area contributed by atoms with Crippen LogP contribution in [0.1, 0.15) is 27.7 Å². The van der Waals surface area contributed by atoms with Crippen LogP contribution in [0, 0.1) is 11.2 Å². The van der Waals surface area contributed by atoms with Gasteiger partial charge in [0.05, 0.1) is 26.2 Å². The van der Waals surface area contributed by atoms with Gasteiger partial charge in [-0.3, -0.25) is 0 Å². The second kappa shape index (κ2) is 8.61. The Morgan fingerprint density at radius 2 is 1.17 bits per heavy atom. The highest BCUT2D eigenvalue weighted by molar-refractivity contribution is 6.20. The molecule has 0 rings (SSSR count). The lowest BCUT2D eigenvalue weighted by atomic mass is 10.2. The normalized spacial score (nSPS) is 9.58. The van der Waals surface area contributed by atoms with Gasteiger partial charge in [-0.1, -0.05) is 0 Å². The Kier molecular flexibility index (Phi) is 10.1. The van der Waals surface area contributed by atoms with Crippen LogP contribution in [0.25, 0.3) is 0 Å². The number of hydrogen-bond donors (Lipinski definition) is 0. The number of nitrogens with zero attached hydrogens (tertiary/aromatic N) is 2. The van der Waals surface area contributed by atoms with Crippen molar-refractivity contribution < 1.29 is 4.48 Å². The zero-order chi connectivity index (χ0) is 10.0. The fraction of sp³-hybridized carbons (Fsp3) is 0.889. The summed E-state index contributed by atoms with van der Waals surface area (Å²) in [4.78, 5) is 0. The number of rotatable bonds is 4. The average molecular weight is 169 g/mol. The van der Waals surface area contributed by atoms with Crippen LogP contribution in [0.4, 0.5) is 0 Å². The molecular formula is C9H22BN2+. The maximum Gasteiger partial charge on any atom is 0.232 e. The predicted octanol–water partition coefficient (Wildman–Crippen LogP) is 0.983. The molecule has 0 bridgehead atoms. The van der Waals surface area contributed by atoms with Crippen molar-refractivity contribution >= 4 is 7.85 Å². The molecule has 0 radical (unpaired) electrons. The van der Waals surface area contributed by atoms with E-state index in [2.05, 4.69) is 27.7 Å². The van der Waals surface area contributed by atoms with Crippen molar-refractivity contribution in [2.75, 3.05) is 26.2 Å². The molecule has 0 aliphatic carbocycles. The summed E-state index contributed by atoms with van der Waals surface area (Å²) in [6, 6.07) is 0. The molecule has 0 spiro atoms. The van der Waals surface area contributed by atoms with Crippen LogP contribution in [0.2, 0.25) is 0 Å². The summed E-state index contributed by atoms with van der Waals surface area (Å²) in [5.74, 6) is 1.75. The van der Waals surface area contributed by atoms with Crippen molar-refractivity contribution in [3.8, 4) is 5.97 Å². The van der Waals surface area contributed by atoms with E-state index in [-0.39, 0.29) is 0 Å². The van der Waals surface area contributed by atoms with E-state index in [4.69, 9.17) is 5.26 Å². The molecule has 0 fully saturated rings. The largest absolute Gasteiger partial charge is 0.325 e. The molecule has 0 aliphatic rings. The van der Waals surface area contributed by atoms with Crippen LogP contribution < -0.4 is 0 Å². The third-order valence-electron chi connectivity index (χ3n) is 2.68. The predicted molar refractivity (Wildman–Crippen MR) is 56.6 cm³/mol. The lowest BCUT2D eigenvalue weighted by Gasteiger charge is -2.34. The first-order chi connectivity index (χ1) is 5.66. The van der Waals surface area contributed by atoms with Crippen molar-refractivity contribution in [3.05, 3.63) is 0 Å². The maximum absolute atomic E-state index is 7.32. The molecule has 0 amide bonds. The summed E-state index contributed by atoms with van der Waals surface area (Å²) in [7, 11) is 1.43. The smallest absolute Gasteiger partial charge is 0.232 e. The zero-order valence-electron chi connectivity index (χ0n) is 9.22. The number of nitriles is 1. The maximum atomic E-state index is 7.32. The molecule has 0 N–H and O–H groups in total. The minimum Gasteiger partial charge on any atom is -0.325 e. The molecule has 70 valence electrons. The molecule has 0 aromatic rings. The van der Waals surface area contributed by atoms with E-state index in [1.807, 2.05) is 0 Å². The van der Waals surface area contributed by atoms with Gasteiger partial charge in [0.25, 0.3) is 0 Å². The van der Waals surface area contributed by atoms with Crippen LogP contribution in [0.3, 0.4) is 0 Å². The highest BCUT2D eigenvalue weighted by atomic mass is 15.3. The fourth-order valence-electron chi connectivity index (χ4n) is 1.34. The van der Waals surface area contributed by atoms with Gasteiger partial charge in [-0.15, -0.1) is 0 Å². The first kappa shape index (κ1) is 14.1.